The number of halogens is 6. The number of aryl methyl sites for hydroxylation is 1. The molecule has 4 aromatic rings. The van der Waals surface area contributed by atoms with Gasteiger partial charge in [-0.2, -0.15) is 23.3 Å². The van der Waals surface area contributed by atoms with Crippen molar-refractivity contribution >= 4 is 17.5 Å². The van der Waals surface area contributed by atoms with Crippen LogP contribution in [-0.4, -0.2) is 59.9 Å². The minimum atomic E-state index is -4.74. The third-order valence-electron chi connectivity index (χ3n) is 6.27. The number of H-pyrrole nitrogens is 1. The molecule has 1 atom stereocenters. The highest BCUT2D eigenvalue weighted by Gasteiger charge is 2.57. The molecule has 0 spiro atoms. The summed E-state index contributed by atoms with van der Waals surface area (Å²) in [4.78, 5) is 9.91. The Hall–Kier alpha value is -4.14. The van der Waals surface area contributed by atoms with Gasteiger partial charge in [-0.15, -0.1) is 5.10 Å². The molecule has 38 heavy (non-hydrogen) atoms. The van der Waals surface area contributed by atoms with Gasteiger partial charge in [-0.1, -0.05) is 0 Å². The molecule has 0 aliphatic carbocycles. The van der Waals surface area contributed by atoms with E-state index in [0.29, 0.717) is 5.56 Å². The average Bonchev–Trinajstić information content (AvgIpc) is 3.59. The van der Waals surface area contributed by atoms with Crippen LogP contribution in [0.1, 0.15) is 18.5 Å². The number of aromatic nitrogens is 6. The van der Waals surface area contributed by atoms with Gasteiger partial charge in [0.25, 0.3) is 6.43 Å². The summed E-state index contributed by atoms with van der Waals surface area (Å²) in [7, 11) is 1.59. The lowest BCUT2D eigenvalue weighted by Gasteiger charge is -2.26. The van der Waals surface area contributed by atoms with Gasteiger partial charge in [-0.3, -0.25) is 5.10 Å². The fraction of sp³-hybridized carbons (Fsp3) is 0.304. The summed E-state index contributed by atoms with van der Waals surface area (Å²) in [6.07, 6.45) is -5.50. The van der Waals surface area contributed by atoms with Crippen molar-refractivity contribution in [2.24, 2.45) is 7.05 Å². The van der Waals surface area contributed by atoms with Crippen LogP contribution >= 0.6 is 0 Å². The highest BCUT2D eigenvalue weighted by molar-refractivity contribution is 5.70. The lowest BCUT2D eigenvalue weighted by Crippen LogP contribution is -2.47. The molecule has 200 valence electrons. The van der Waals surface area contributed by atoms with Crippen molar-refractivity contribution in [3.8, 4) is 22.5 Å². The summed E-state index contributed by atoms with van der Waals surface area (Å²) in [5.41, 5.74) is -2.59. The van der Waals surface area contributed by atoms with Crippen LogP contribution in [0.5, 0.6) is 0 Å². The van der Waals surface area contributed by atoms with Gasteiger partial charge in [0.05, 0.1) is 12.7 Å². The van der Waals surface area contributed by atoms with Gasteiger partial charge in [0.2, 0.25) is 5.95 Å². The first-order chi connectivity index (χ1) is 17.9. The van der Waals surface area contributed by atoms with E-state index in [4.69, 9.17) is 0 Å². The van der Waals surface area contributed by atoms with E-state index in [1.165, 1.54) is 34.0 Å². The van der Waals surface area contributed by atoms with Crippen LogP contribution < -0.4 is 10.2 Å². The molecular formula is C23H20F6N8O. The maximum atomic E-state index is 14.7. The van der Waals surface area contributed by atoms with Crippen molar-refractivity contribution < 1.29 is 31.4 Å². The maximum Gasteiger partial charge on any atom is 0.418 e. The lowest BCUT2D eigenvalue weighted by atomic mass is 10.0. The minimum absolute atomic E-state index is 0.00232. The topological polar surface area (TPSA) is 108 Å². The third kappa shape index (κ3) is 4.64. The van der Waals surface area contributed by atoms with Crippen molar-refractivity contribution in [3.05, 3.63) is 54.2 Å². The highest BCUT2D eigenvalue weighted by atomic mass is 19.4. The first-order valence-corrected chi connectivity index (χ1v) is 11.2. The van der Waals surface area contributed by atoms with Crippen molar-refractivity contribution in [3.63, 3.8) is 0 Å². The molecular weight excluding hydrogens is 518 g/mol. The standard InChI is InChI=1S/C23H20F6N8O/c1-36-21(32-13-3-4-14(16(24)8-13)15-10-31-34-18(15)19(25)26)33-20(35-36)12-2-5-17(30-9-12)37-7-6-22(38,11-37)23(27,28)29/h2-5,8-10,19,38H,6-7,11H2,1H3,(H,31,34)(H,32,33,35)/t22-/m1/s1. The third-order valence-corrected chi connectivity index (χ3v) is 6.27. The number of hydrogen-bond acceptors (Lipinski definition) is 7. The van der Waals surface area contributed by atoms with Crippen molar-refractivity contribution in [2.45, 2.75) is 24.6 Å². The zero-order chi connectivity index (χ0) is 27.2. The number of nitrogens with one attached hydrogen (secondary N) is 2. The predicted molar refractivity (Wildman–Crippen MR) is 124 cm³/mol. The molecule has 0 radical (unpaired) electrons. The first-order valence-electron chi connectivity index (χ1n) is 11.2. The molecule has 9 nitrogen and oxygen atoms in total. The Morgan fingerprint density at radius 2 is 1.92 bits per heavy atom. The Bertz CT molecular complexity index is 1450. The molecule has 0 unspecified atom stereocenters. The number of aromatic amines is 1. The molecule has 15 heteroatoms. The predicted octanol–water partition coefficient (Wildman–Crippen LogP) is 4.59. The van der Waals surface area contributed by atoms with Crippen molar-refractivity contribution in [2.75, 3.05) is 23.3 Å². The molecule has 0 amide bonds. The molecule has 1 saturated heterocycles. The summed E-state index contributed by atoms with van der Waals surface area (Å²) in [5.74, 6) is 0.00753. The fourth-order valence-electron chi connectivity index (χ4n) is 4.16. The number of pyridine rings is 1. The van der Waals surface area contributed by atoms with Crippen LogP contribution in [0.3, 0.4) is 0 Å². The molecule has 3 N–H and O–H groups in total. The fourth-order valence-corrected chi connectivity index (χ4v) is 4.16. The van der Waals surface area contributed by atoms with Crippen molar-refractivity contribution in [1.82, 2.24) is 29.9 Å². The van der Waals surface area contributed by atoms with E-state index in [1.807, 2.05) is 0 Å². The largest absolute Gasteiger partial charge is 0.418 e. The quantitative estimate of drug-likeness (QED) is 0.308. The number of hydrogen-bond donors (Lipinski definition) is 3. The zero-order valence-electron chi connectivity index (χ0n) is 19.6. The van der Waals surface area contributed by atoms with E-state index < -0.39 is 42.7 Å². The minimum Gasteiger partial charge on any atom is -0.379 e. The molecule has 0 bridgehead atoms. The van der Waals surface area contributed by atoms with Gasteiger partial charge in [0.1, 0.15) is 17.3 Å². The summed E-state index contributed by atoms with van der Waals surface area (Å²) in [5, 5.41) is 22.8. The van der Waals surface area contributed by atoms with Crippen molar-refractivity contribution in [1.29, 1.82) is 0 Å². The first kappa shape index (κ1) is 25.5. The second kappa shape index (κ2) is 9.31. The molecule has 1 aliphatic rings. The number of alkyl halides is 5. The maximum absolute atomic E-state index is 14.7. The molecule has 1 aliphatic heterocycles. The van der Waals surface area contributed by atoms with Gasteiger partial charge in [-0.05, 0) is 30.3 Å². The number of rotatable bonds is 6. The van der Waals surface area contributed by atoms with E-state index in [9.17, 15) is 31.4 Å². The monoisotopic (exact) mass is 538 g/mol. The number of anilines is 3. The van der Waals surface area contributed by atoms with E-state index in [2.05, 4.69) is 30.6 Å². The molecule has 1 aromatic carbocycles. The van der Waals surface area contributed by atoms with E-state index in [1.54, 1.807) is 13.1 Å². The zero-order valence-corrected chi connectivity index (χ0v) is 19.6. The highest BCUT2D eigenvalue weighted by Crippen LogP contribution is 2.39. The molecule has 1 fully saturated rings. The molecule has 5 rings (SSSR count). The van der Waals surface area contributed by atoms with Crippen LogP contribution in [0, 0.1) is 5.82 Å². The van der Waals surface area contributed by atoms with Gasteiger partial charge in [-0.25, -0.2) is 22.8 Å². The normalized spacial score (nSPS) is 18.0. The van der Waals surface area contributed by atoms with Gasteiger partial charge < -0.3 is 15.3 Å². The molecule has 4 heterocycles. The van der Waals surface area contributed by atoms with E-state index >= 15 is 0 Å². The number of nitrogens with zero attached hydrogens (tertiary/aromatic N) is 6. The number of β-amino-alcohol motifs (C(OH)–C–C–N with tert-alkyl or cyclic N) is 1. The van der Waals surface area contributed by atoms with Crippen LogP contribution in [0.2, 0.25) is 0 Å². The van der Waals surface area contributed by atoms with Crippen LogP contribution in [-0.2, 0) is 7.05 Å². The summed E-state index contributed by atoms with van der Waals surface area (Å²) in [6.45, 7) is -0.615. The lowest BCUT2D eigenvalue weighted by molar-refractivity contribution is -0.250. The smallest absolute Gasteiger partial charge is 0.379 e. The van der Waals surface area contributed by atoms with Crippen LogP contribution in [0.15, 0.2) is 42.7 Å². The van der Waals surface area contributed by atoms with Gasteiger partial charge in [0, 0.05) is 48.6 Å². The summed E-state index contributed by atoms with van der Waals surface area (Å²) in [6, 6.07) is 7.06. The SMILES string of the molecule is Cn1nc(-c2ccc(N3CC[C@](O)(C(F)(F)F)C3)nc2)nc1Nc1ccc(-c2cn[nH]c2C(F)F)c(F)c1. The van der Waals surface area contributed by atoms with E-state index in [0.717, 1.165) is 12.3 Å². The summed E-state index contributed by atoms with van der Waals surface area (Å²) >= 11 is 0. The Morgan fingerprint density at radius 1 is 1.13 bits per heavy atom. The average molecular weight is 538 g/mol. The second-order valence-corrected chi connectivity index (χ2v) is 8.81. The van der Waals surface area contributed by atoms with Gasteiger partial charge in [0.15, 0.2) is 11.4 Å². The molecule has 3 aromatic heterocycles. The summed E-state index contributed by atoms with van der Waals surface area (Å²) < 4.78 is 81.7. The van der Waals surface area contributed by atoms with Crippen LogP contribution in [0.25, 0.3) is 22.5 Å². The van der Waals surface area contributed by atoms with Crippen LogP contribution in [0.4, 0.5) is 43.8 Å². The number of benzene rings is 1. The Balaban J connectivity index is 1.31. The van der Waals surface area contributed by atoms with E-state index in [-0.39, 0.29) is 40.9 Å². The number of aliphatic hydroxyl groups is 1. The Labute approximate surface area is 211 Å². The Kier molecular flexibility index (Phi) is 6.25. The Morgan fingerprint density at radius 3 is 2.55 bits per heavy atom. The second-order valence-electron chi connectivity index (χ2n) is 8.81. The molecule has 0 saturated carbocycles. The van der Waals surface area contributed by atoms with Gasteiger partial charge >= 0.3 is 6.18 Å².